The maximum atomic E-state index is 12.6. The van der Waals surface area contributed by atoms with Crippen molar-refractivity contribution in [3.8, 4) is 23.0 Å². The van der Waals surface area contributed by atoms with Crippen LogP contribution in [-0.2, 0) is 4.79 Å². The number of rotatable bonds is 7. The maximum Gasteiger partial charge on any atom is 0.344 e. The Morgan fingerprint density at radius 1 is 1.11 bits per heavy atom. The zero-order valence-electron chi connectivity index (χ0n) is 14.8. The molecule has 0 saturated carbocycles. The lowest BCUT2D eigenvalue weighted by molar-refractivity contribution is -0.144. The normalized spacial score (nSPS) is 11.8. The predicted molar refractivity (Wildman–Crippen MR) is 97.9 cm³/mol. The number of carboxylic acid groups (broad SMARTS) is 1. The number of aliphatic carboxylic acids is 1. The molecule has 27 heavy (non-hydrogen) atoms. The summed E-state index contributed by atoms with van der Waals surface area (Å²) in [4.78, 5) is 23.5. The van der Waals surface area contributed by atoms with Crippen molar-refractivity contribution in [1.29, 1.82) is 0 Å². The van der Waals surface area contributed by atoms with Gasteiger partial charge in [0.15, 0.2) is 6.10 Å². The van der Waals surface area contributed by atoms with Crippen LogP contribution in [0.3, 0.4) is 0 Å². The van der Waals surface area contributed by atoms with E-state index in [1.807, 2.05) is 6.92 Å². The van der Waals surface area contributed by atoms with Crippen LogP contribution in [0.2, 0.25) is 0 Å². The number of carbonyl (C=O) groups is 1. The molecule has 7 nitrogen and oxygen atoms in total. The van der Waals surface area contributed by atoms with E-state index in [2.05, 4.69) is 0 Å². The summed E-state index contributed by atoms with van der Waals surface area (Å²) in [6, 6.07) is 11.4. The minimum atomic E-state index is -1.09. The van der Waals surface area contributed by atoms with Crippen LogP contribution in [0.25, 0.3) is 11.0 Å². The fourth-order valence-electron chi connectivity index (χ4n) is 2.39. The van der Waals surface area contributed by atoms with E-state index in [-0.39, 0.29) is 16.8 Å². The van der Waals surface area contributed by atoms with Crippen molar-refractivity contribution < 1.29 is 28.5 Å². The molecule has 1 N–H and O–H groups in total. The smallest absolute Gasteiger partial charge is 0.344 e. The van der Waals surface area contributed by atoms with Gasteiger partial charge in [-0.15, -0.1) is 0 Å². The third kappa shape index (κ3) is 4.20. The fourth-order valence-corrected chi connectivity index (χ4v) is 2.39. The zero-order valence-corrected chi connectivity index (χ0v) is 14.8. The first-order chi connectivity index (χ1) is 13.0. The van der Waals surface area contributed by atoms with E-state index in [4.69, 9.17) is 23.7 Å². The second kappa shape index (κ2) is 7.82. The summed E-state index contributed by atoms with van der Waals surface area (Å²) in [5.41, 5.74) is -0.0721. The second-order valence-electron chi connectivity index (χ2n) is 5.69. The average Bonchev–Trinajstić information content (AvgIpc) is 2.65. The molecule has 0 saturated heterocycles. The topological polar surface area (TPSA) is 95.2 Å². The van der Waals surface area contributed by atoms with E-state index in [0.717, 1.165) is 0 Å². The molecule has 1 unspecified atom stereocenters. The Morgan fingerprint density at radius 3 is 2.44 bits per heavy atom. The fraction of sp³-hybridized carbons (Fsp3) is 0.200. The first kappa shape index (κ1) is 18.3. The molecule has 3 rings (SSSR count). The van der Waals surface area contributed by atoms with Crippen molar-refractivity contribution in [3.63, 3.8) is 0 Å². The number of carboxylic acids is 1. The summed E-state index contributed by atoms with van der Waals surface area (Å²) in [6.07, 6.45) is 0.197. The van der Waals surface area contributed by atoms with Gasteiger partial charge >= 0.3 is 5.97 Å². The molecule has 0 aliphatic carbocycles. The summed E-state index contributed by atoms with van der Waals surface area (Å²) in [5.74, 6) is 0.425. The number of benzene rings is 2. The van der Waals surface area contributed by atoms with Gasteiger partial charge in [0.25, 0.3) is 0 Å². The molecule has 0 amide bonds. The molecular weight excluding hydrogens is 352 g/mol. The first-order valence-corrected chi connectivity index (χ1v) is 8.33. The van der Waals surface area contributed by atoms with Gasteiger partial charge < -0.3 is 23.7 Å². The number of fused-ring (bicyclic) bond motifs is 1. The van der Waals surface area contributed by atoms with Crippen molar-refractivity contribution in [2.75, 3.05) is 6.61 Å². The van der Waals surface area contributed by atoms with Crippen molar-refractivity contribution in [2.45, 2.75) is 20.0 Å². The third-order valence-electron chi connectivity index (χ3n) is 3.74. The Labute approximate surface area is 154 Å². The SMILES string of the molecule is CCOc1ccc(Oc2coc3cc(OC(C)C(=O)O)ccc3c2=O)cc1. The Bertz CT molecular complexity index is 1010. The Kier molecular flexibility index (Phi) is 5.30. The maximum absolute atomic E-state index is 12.6. The van der Waals surface area contributed by atoms with Crippen LogP contribution in [-0.4, -0.2) is 23.8 Å². The van der Waals surface area contributed by atoms with E-state index in [0.29, 0.717) is 29.2 Å². The molecule has 1 aromatic heterocycles. The lowest BCUT2D eigenvalue weighted by Gasteiger charge is -2.11. The number of hydrogen-bond donors (Lipinski definition) is 1. The standard InChI is InChI=1S/C20H18O7/c1-3-24-13-4-6-14(7-5-13)27-18-11-25-17-10-15(26-12(2)20(22)23)8-9-16(17)19(18)21/h4-12H,3H2,1-2H3,(H,22,23). The van der Waals surface area contributed by atoms with E-state index >= 15 is 0 Å². The molecule has 3 aromatic rings. The summed E-state index contributed by atoms with van der Waals surface area (Å²) < 4.78 is 21.7. The molecule has 0 aliphatic rings. The molecule has 0 fully saturated rings. The van der Waals surface area contributed by atoms with Crippen molar-refractivity contribution >= 4 is 16.9 Å². The van der Waals surface area contributed by atoms with E-state index in [9.17, 15) is 9.59 Å². The first-order valence-electron chi connectivity index (χ1n) is 8.33. The highest BCUT2D eigenvalue weighted by Gasteiger charge is 2.14. The minimum absolute atomic E-state index is 0.0410. The van der Waals surface area contributed by atoms with Crippen LogP contribution in [0.15, 0.2) is 57.9 Å². The summed E-state index contributed by atoms with van der Waals surface area (Å²) in [5, 5.41) is 9.20. The molecule has 0 spiro atoms. The third-order valence-corrected chi connectivity index (χ3v) is 3.74. The van der Waals surface area contributed by atoms with Crippen LogP contribution < -0.4 is 19.6 Å². The van der Waals surface area contributed by atoms with Gasteiger partial charge in [0.1, 0.15) is 29.1 Å². The lowest BCUT2D eigenvalue weighted by atomic mass is 10.2. The average molecular weight is 370 g/mol. The summed E-state index contributed by atoms with van der Waals surface area (Å²) >= 11 is 0. The van der Waals surface area contributed by atoms with Gasteiger partial charge in [-0.05, 0) is 50.2 Å². The molecule has 0 bridgehead atoms. The molecule has 7 heteroatoms. The van der Waals surface area contributed by atoms with Crippen LogP contribution in [0.4, 0.5) is 0 Å². The largest absolute Gasteiger partial charge is 0.494 e. The molecule has 1 atom stereocenters. The predicted octanol–water partition coefficient (Wildman–Crippen LogP) is 3.84. The van der Waals surface area contributed by atoms with Gasteiger partial charge in [-0.3, -0.25) is 4.79 Å². The van der Waals surface area contributed by atoms with Gasteiger partial charge in [0.2, 0.25) is 11.2 Å². The molecule has 0 radical (unpaired) electrons. The molecule has 0 aliphatic heterocycles. The highest BCUT2D eigenvalue weighted by Crippen LogP contribution is 2.25. The highest BCUT2D eigenvalue weighted by molar-refractivity contribution is 5.79. The molecule has 140 valence electrons. The van der Waals surface area contributed by atoms with E-state index in [1.165, 1.54) is 31.4 Å². The lowest BCUT2D eigenvalue weighted by Crippen LogP contribution is -2.22. The molecule has 2 aromatic carbocycles. The van der Waals surface area contributed by atoms with Gasteiger partial charge in [0, 0.05) is 6.07 Å². The van der Waals surface area contributed by atoms with Gasteiger partial charge in [-0.2, -0.15) is 0 Å². The Morgan fingerprint density at radius 2 is 1.78 bits per heavy atom. The van der Waals surface area contributed by atoms with Gasteiger partial charge in [-0.1, -0.05) is 0 Å². The quantitative estimate of drug-likeness (QED) is 0.675. The highest BCUT2D eigenvalue weighted by atomic mass is 16.5. The Hall–Kier alpha value is -3.48. The molecule has 1 heterocycles. The van der Waals surface area contributed by atoms with E-state index < -0.39 is 12.1 Å². The Balaban J connectivity index is 1.84. The van der Waals surface area contributed by atoms with Crippen LogP contribution in [0.5, 0.6) is 23.0 Å². The van der Waals surface area contributed by atoms with E-state index in [1.54, 1.807) is 24.3 Å². The van der Waals surface area contributed by atoms with Crippen molar-refractivity contribution in [2.24, 2.45) is 0 Å². The zero-order chi connectivity index (χ0) is 19.4. The summed E-state index contributed by atoms with van der Waals surface area (Å²) in [6.45, 7) is 3.87. The minimum Gasteiger partial charge on any atom is -0.494 e. The van der Waals surface area contributed by atoms with Gasteiger partial charge in [0.05, 0.1) is 12.0 Å². The van der Waals surface area contributed by atoms with Crippen molar-refractivity contribution in [1.82, 2.24) is 0 Å². The van der Waals surface area contributed by atoms with Crippen molar-refractivity contribution in [3.05, 3.63) is 59.0 Å². The van der Waals surface area contributed by atoms with Crippen LogP contribution in [0, 0.1) is 0 Å². The van der Waals surface area contributed by atoms with Gasteiger partial charge in [-0.25, -0.2) is 4.79 Å². The number of ether oxygens (including phenoxy) is 3. The number of hydrogen-bond acceptors (Lipinski definition) is 6. The van der Waals surface area contributed by atoms with Crippen LogP contribution in [0.1, 0.15) is 13.8 Å². The summed E-state index contributed by atoms with van der Waals surface area (Å²) in [7, 11) is 0. The molecular formula is C20H18O7. The monoisotopic (exact) mass is 370 g/mol. The second-order valence-corrected chi connectivity index (χ2v) is 5.69. The van der Waals surface area contributed by atoms with Crippen LogP contribution >= 0.6 is 0 Å².